The number of furan rings is 1. The Morgan fingerprint density at radius 3 is 2.31 bits per heavy atom. The van der Waals surface area contributed by atoms with Crippen molar-refractivity contribution in [3.63, 3.8) is 0 Å². The van der Waals surface area contributed by atoms with E-state index in [4.69, 9.17) is 9.15 Å². The van der Waals surface area contributed by atoms with Crippen molar-refractivity contribution < 1.29 is 22.4 Å². The van der Waals surface area contributed by atoms with Gasteiger partial charge in [-0.3, -0.25) is 9.52 Å². The average molecular weight is 457 g/mol. The number of benzene rings is 2. The highest BCUT2D eigenvalue weighted by molar-refractivity contribution is 7.93. The van der Waals surface area contributed by atoms with Gasteiger partial charge in [0.15, 0.2) is 11.3 Å². The number of amides is 1. The molecule has 1 aliphatic heterocycles. The molecule has 0 spiro atoms. The fourth-order valence-corrected chi connectivity index (χ4v) is 5.68. The fourth-order valence-electron chi connectivity index (χ4n) is 4.10. The van der Waals surface area contributed by atoms with Gasteiger partial charge < -0.3 is 14.1 Å². The lowest BCUT2D eigenvalue weighted by molar-refractivity contribution is 0.0283. The molecule has 8 heteroatoms. The second-order valence-corrected chi connectivity index (χ2v) is 10.0. The molecule has 1 fully saturated rings. The number of nitrogens with zero attached hydrogens (tertiary/aromatic N) is 1. The molecule has 7 nitrogen and oxygen atoms in total. The minimum atomic E-state index is -3.97. The molecule has 1 N–H and O–H groups in total. The molecule has 1 saturated heterocycles. The normalized spacial score (nSPS) is 14.7. The minimum absolute atomic E-state index is 0.0663. The van der Waals surface area contributed by atoms with E-state index in [2.05, 4.69) is 4.72 Å². The van der Waals surface area contributed by atoms with Crippen molar-refractivity contribution in [2.45, 2.75) is 39.5 Å². The van der Waals surface area contributed by atoms with E-state index >= 15 is 0 Å². The van der Waals surface area contributed by atoms with E-state index < -0.39 is 10.0 Å². The average Bonchev–Trinajstić information content (AvgIpc) is 3.06. The number of carbonyl (C=O) groups is 1. The number of hydrogen-bond donors (Lipinski definition) is 1. The van der Waals surface area contributed by atoms with Crippen LogP contribution in [0.4, 0.5) is 5.69 Å². The minimum Gasteiger partial charge on any atom is -0.449 e. The van der Waals surface area contributed by atoms with Gasteiger partial charge in [0.1, 0.15) is 4.90 Å². The van der Waals surface area contributed by atoms with Crippen LogP contribution >= 0.6 is 0 Å². The summed E-state index contributed by atoms with van der Waals surface area (Å²) in [5.41, 5.74) is 4.64. The molecule has 1 aromatic heterocycles. The summed E-state index contributed by atoms with van der Waals surface area (Å²) in [6, 6.07) is 7.42. The summed E-state index contributed by atoms with van der Waals surface area (Å²) >= 11 is 0. The predicted octanol–water partition coefficient (Wildman–Crippen LogP) is 4.25. The largest absolute Gasteiger partial charge is 0.449 e. The zero-order valence-corrected chi connectivity index (χ0v) is 19.9. The second-order valence-electron chi connectivity index (χ2n) is 8.41. The highest BCUT2D eigenvalue weighted by Gasteiger charge is 2.30. The lowest BCUT2D eigenvalue weighted by Crippen LogP contribution is -2.40. The van der Waals surface area contributed by atoms with Crippen LogP contribution in [0.5, 0.6) is 0 Å². The number of hydrogen-bond acceptors (Lipinski definition) is 5. The molecule has 4 rings (SSSR count). The SMILES string of the molecule is Cc1ccc(NS(=O)(=O)c2c(C)c(C)cc3c(C)c(C(=O)N4CCOCC4)oc23)c(C)c1. The zero-order chi connectivity index (χ0) is 23.2. The van der Waals surface area contributed by atoms with Gasteiger partial charge in [-0.05, 0) is 63.4 Å². The first kappa shape index (κ1) is 22.4. The maximum atomic E-state index is 13.5. The third-order valence-electron chi connectivity index (χ3n) is 6.08. The molecule has 0 radical (unpaired) electrons. The Labute approximate surface area is 188 Å². The molecule has 0 unspecified atom stereocenters. The van der Waals surface area contributed by atoms with Gasteiger partial charge in [0.2, 0.25) is 0 Å². The third kappa shape index (κ3) is 3.89. The van der Waals surface area contributed by atoms with Gasteiger partial charge in [0.05, 0.1) is 18.9 Å². The molecule has 1 aliphatic rings. The Morgan fingerprint density at radius 2 is 1.66 bits per heavy atom. The molecule has 2 heterocycles. The van der Waals surface area contributed by atoms with Crippen LogP contribution in [-0.2, 0) is 14.8 Å². The Kier molecular flexibility index (Phi) is 5.77. The Bertz CT molecular complexity index is 1320. The molecular formula is C24H28N2O5S. The molecule has 32 heavy (non-hydrogen) atoms. The molecule has 0 bridgehead atoms. The summed E-state index contributed by atoms with van der Waals surface area (Å²) in [5.74, 6) is -0.0714. The second kappa shape index (κ2) is 8.26. The van der Waals surface area contributed by atoms with Crippen LogP contribution in [0.1, 0.15) is 38.4 Å². The fraction of sp³-hybridized carbons (Fsp3) is 0.375. The predicted molar refractivity (Wildman–Crippen MR) is 124 cm³/mol. The van der Waals surface area contributed by atoms with Crippen molar-refractivity contribution in [1.29, 1.82) is 0 Å². The number of sulfonamides is 1. The van der Waals surface area contributed by atoms with Crippen LogP contribution in [0.2, 0.25) is 0 Å². The molecule has 3 aromatic rings. The smallest absolute Gasteiger partial charge is 0.290 e. The van der Waals surface area contributed by atoms with Gasteiger partial charge in [0, 0.05) is 24.0 Å². The number of rotatable bonds is 4. The van der Waals surface area contributed by atoms with Crippen LogP contribution in [0.3, 0.4) is 0 Å². The number of morpholine rings is 1. The monoisotopic (exact) mass is 456 g/mol. The number of ether oxygens (including phenoxy) is 1. The van der Waals surface area contributed by atoms with Crippen molar-refractivity contribution in [1.82, 2.24) is 4.90 Å². The van der Waals surface area contributed by atoms with E-state index in [1.165, 1.54) is 0 Å². The van der Waals surface area contributed by atoms with E-state index in [1.807, 2.05) is 39.0 Å². The number of anilines is 1. The van der Waals surface area contributed by atoms with Crippen LogP contribution in [-0.4, -0.2) is 45.5 Å². The standard InChI is InChI=1S/C24H28N2O5S/c1-14-6-7-20(16(3)12-14)25-32(28,29)23-17(4)15(2)13-19-18(5)21(31-22(19)23)24(27)26-8-10-30-11-9-26/h6-7,12-13,25H,8-11H2,1-5H3. The summed E-state index contributed by atoms with van der Waals surface area (Å²) in [6.45, 7) is 11.1. The summed E-state index contributed by atoms with van der Waals surface area (Å²) in [7, 11) is -3.97. The van der Waals surface area contributed by atoms with Crippen LogP contribution in [0, 0.1) is 34.6 Å². The molecule has 2 aromatic carbocycles. The summed E-state index contributed by atoms with van der Waals surface area (Å²) in [4.78, 5) is 14.8. The van der Waals surface area contributed by atoms with Crippen molar-refractivity contribution in [3.05, 3.63) is 57.8 Å². The maximum Gasteiger partial charge on any atom is 0.290 e. The van der Waals surface area contributed by atoms with Crippen LogP contribution in [0.25, 0.3) is 11.0 Å². The first-order valence-electron chi connectivity index (χ1n) is 10.6. The third-order valence-corrected chi connectivity index (χ3v) is 7.60. The Balaban J connectivity index is 1.85. The molecule has 0 aliphatic carbocycles. The van der Waals surface area contributed by atoms with Gasteiger partial charge in [0.25, 0.3) is 15.9 Å². The van der Waals surface area contributed by atoms with Crippen molar-refractivity contribution >= 4 is 32.6 Å². The first-order valence-corrected chi connectivity index (χ1v) is 12.1. The van der Waals surface area contributed by atoms with E-state index in [9.17, 15) is 13.2 Å². The number of nitrogens with one attached hydrogen (secondary N) is 1. The molecule has 0 atom stereocenters. The van der Waals surface area contributed by atoms with E-state index in [0.717, 1.165) is 16.7 Å². The van der Waals surface area contributed by atoms with Gasteiger partial charge in [-0.2, -0.15) is 0 Å². The highest BCUT2D eigenvalue weighted by Crippen LogP contribution is 2.36. The molecular weight excluding hydrogens is 428 g/mol. The highest BCUT2D eigenvalue weighted by atomic mass is 32.2. The Morgan fingerprint density at radius 1 is 0.969 bits per heavy atom. The van der Waals surface area contributed by atoms with Gasteiger partial charge in [-0.25, -0.2) is 8.42 Å². The van der Waals surface area contributed by atoms with E-state index in [0.29, 0.717) is 48.5 Å². The topological polar surface area (TPSA) is 88.9 Å². The van der Waals surface area contributed by atoms with Gasteiger partial charge >= 0.3 is 0 Å². The van der Waals surface area contributed by atoms with Crippen molar-refractivity contribution in [2.75, 3.05) is 31.0 Å². The number of aryl methyl sites for hydroxylation is 4. The zero-order valence-electron chi connectivity index (χ0n) is 19.0. The summed E-state index contributed by atoms with van der Waals surface area (Å²) in [6.07, 6.45) is 0. The first-order chi connectivity index (χ1) is 15.1. The quantitative estimate of drug-likeness (QED) is 0.634. The van der Waals surface area contributed by atoms with Crippen LogP contribution < -0.4 is 4.72 Å². The molecule has 170 valence electrons. The molecule has 1 amide bonds. The van der Waals surface area contributed by atoms with Gasteiger partial charge in [-0.15, -0.1) is 0 Å². The summed E-state index contributed by atoms with van der Waals surface area (Å²) in [5, 5.41) is 0.630. The molecule has 0 saturated carbocycles. The lowest BCUT2D eigenvalue weighted by atomic mass is 10.0. The number of fused-ring (bicyclic) bond motifs is 1. The summed E-state index contributed by atoms with van der Waals surface area (Å²) < 4.78 is 41.1. The Hall–Kier alpha value is -2.84. The lowest BCUT2D eigenvalue weighted by Gasteiger charge is -2.26. The van der Waals surface area contributed by atoms with Crippen molar-refractivity contribution in [3.8, 4) is 0 Å². The van der Waals surface area contributed by atoms with E-state index in [-0.39, 0.29) is 22.1 Å². The van der Waals surface area contributed by atoms with Crippen LogP contribution in [0.15, 0.2) is 33.6 Å². The van der Waals surface area contributed by atoms with Crippen molar-refractivity contribution in [2.24, 2.45) is 0 Å². The maximum absolute atomic E-state index is 13.5. The van der Waals surface area contributed by atoms with Gasteiger partial charge in [-0.1, -0.05) is 17.7 Å². The van der Waals surface area contributed by atoms with E-state index in [1.54, 1.807) is 24.8 Å². The number of carbonyl (C=O) groups excluding carboxylic acids is 1.